The highest BCUT2D eigenvalue weighted by Crippen LogP contribution is 2.20. The van der Waals surface area contributed by atoms with Crippen molar-refractivity contribution in [3.8, 4) is 0 Å². The van der Waals surface area contributed by atoms with Gasteiger partial charge in [-0.15, -0.1) is 0 Å². The second-order valence-electron chi connectivity index (χ2n) is 3.69. The molecule has 1 aromatic carbocycles. The van der Waals surface area contributed by atoms with Crippen LogP contribution in [0.2, 0.25) is 0 Å². The summed E-state index contributed by atoms with van der Waals surface area (Å²) in [6.45, 7) is 2.76. The first kappa shape index (κ1) is 11.1. The zero-order valence-electron chi connectivity index (χ0n) is 8.43. The fourth-order valence-electron chi connectivity index (χ4n) is 1.26. The SMILES string of the molecule is Cc1ccccc1CC(N)C(C)(F)F. The lowest BCUT2D eigenvalue weighted by Crippen LogP contribution is -2.40. The fraction of sp³-hybridized carbons (Fsp3) is 0.455. The largest absolute Gasteiger partial charge is 0.322 e. The van der Waals surface area contributed by atoms with Crippen LogP contribution in [0.4, 0.5) is 8.78 Å². The van der Waals surface area contributed by atoms with Crippen LogP contribution in [0.25, 0.3) is 0 Å². The minimum atomic E-state index is -2.82. The molecule has 0 spiro atoms. The number of hydrogen-bond donors (Lipinski definition) is 1. The first-order valence-electron chi connectivity index (χ1n) is 4.59. The predicted octanol–water partition coefficient (Wildman–Crippen LogP) is 2.52. The fourth-order valence-corrected chi connectivity index (χ4v) is 1.26. The Labute approximate surface area is 82.9 Å². The molecule has 0 radical (unpaired) electrons. The molecule has 0 fully saturated rings. The van der Waals surface area contributed by atoms with Gasteiger partial charge < -0.3 is 5.73 Å². The normalized spacial score (nSPS) is 14.1. The molecule has 1 unspecified atom stereocenters. The molecule has 0 saturated carbocycles. The van der Waals surface area contributed by atoms with Crippen LogP contribution in [0, 0.1) is 6.92 Å². The van der Waals surface area contributed by atoms with Gasteiger partial charge in [-0.05, 0) is 24.5 Å². The van der Waals surface area contributed by atoms with Crippen molar-refractivity contribution in [3.63, 3.8) is 0 Å². The van der Waals surface area contributed by atoms with E-state index in [2.05, 4.69) is 0 Å². The van der Waals surface area contributed by atoms with Gasteiger partial charge in [-0.3, -0.25) is 0 Å². The number of rotatable bonds is 3. The van der Waals surface area contributed by atoms with Crippen LogP contribution < -0.4 is 5.73 Å². The first-order valence-corrected chi connectivity index (χ1v) is 4.59. The highest BCUT2D eigenvalue weighted by Gasteiger charge is 2.30. The molecule has 0 heterocycles. The third-order valence-corrected chi connectivity index (χ3v) is 2.35. The van der Waals surface area contributed by atoms with Gasteiger partial charge in [0.25, 0.3) is 5.92 Å². The quantitative estimate of drug-likeness (QED) is 0.795. The van der Waals surface area contributed by atoms with E-state index < -0.39 is 12.0 Å². The Morgan fingerprint density at radius 1 is 1.36 bits per heavy atom. The molecule has 0 aliphatic carbocycles. The summed E-state index contributed by atoms with van der Waals surface area (Å²) in [6.07, 6.45) is 0.218. The third kappa shape index (κ3) is 2.77. The van der Waals surface area contributed by atoms with Crippen molar-refractivity contribution in [2.45, 2.75) is 32.2 Å². The molecule has 1 aromatic rings. The molecule has 1 rings (SSSR count). The van der Waals surface area contributed by atoms with Crippen LogP contribution in [0.3, 0.4) is 0 Å². The van der Waals surface area contributed by atoms with E-state index >= 15 is 0 Å². The molecular formula is C11H15F2N. The monoisotopic (exact) mass is 199 g/mol. The highest BCUT2D eigenvalue weighted by molar-refractivity contribution is 5.26. The standard InChI is InChI=1S/C11H15F2N/c1-8-5-3-4-6-9(8)7-10(14)11(2,12)13/h3-6,10H,7,14H2,1-2H3. The average molecular weight is 199 g/mol. The van der Waals surface area contributed by atoms with Gasteiger partial charge in [-0.25, -0.2) is 8.78 Å². The Morgan fingerprint density at radius 3 is 2.43 bits per heavy atom. The van der Waals surface area contributed by atoms with Gasteiger partial charge >= 0.3 is 0 Å². The summed E-state index contributed by atoms with van der Waals surface area (Å²) in [5.74, 6) is -2.82. The zero-order valence-corrected chi connectivity index (χ0v) is 8.43. The van der Waals surface area contributed by atoms with Gasteiger partial charge in [-0.1, -0.05) is 24.3 Å². The second kappa shape index (κ2) is 4.05. The van der Waals surface area contributed by atoms with Gasteiger partial charge in [0.1, 0.15) is 0 Å². The van der Waals surface area contributed by atoms with E-state index in [0.717, 1.165) is 18.1 Å². The van der Waals surface area contributed by atoms with Crippen LogP contribution in [0.15, 0.2) is 24.3 Å². The van der Waals surface area contributed by atoms with E-state index in [0.29, 0.717) is 0 Å². The average Bonchev–Trinajstić information content (AvgIpc) is 2.07. The molecule has 78 valence electrons. The van der Waals surface area contributed by atoms with Crippen LogP contribution in [-0.4, -0.2) is 12.0 Å². The van der Waals surface area contributed by atoms with Crippen molar-refractivity contribution in [2.75, 3.05) is 0 Å². The van der Waals surface area contributed by atoms with E-state index in [1.807, 2.05) is 31.2 Å². The molecular weight excluding hydrogens is 184 g/mol. The maximum Gasteiger partial charge on any atom is 0.260 e. The van der Waals surface area contributed by atoms with Gasteiger partial charge in [0, 0.05) is 6.92 Å². The molecule has 0 aliphatic heterocycles. The number of aryl methyl sites for hydroxylation is 1. The Hall–Kier alpha value is -0.960. The number of benzene rings is 1. The Bertz CT molecular complexity index is 304. The molecule has 3 heteroatoms. The third-order valence-electron chi connectivity index (χ3n) is 2.35. The molecule has 0 bridgehead atoms. The smallest absolute Gasteiger partial charge is 0.260 e. The summed E-state index contributed by atoms with van der Waals surface area (Å²) < 4.78 is 25.6. The van der Waals surface area contributed by atoms with Gasteiger partial charge in [0.15, 0.2) is 0 Å². The lowest BCUT2D eigenvalue weighted by molar-refractivity contribution is -0.00516. The second-order valence-corrected chi connectivity index (χ2v) is 3.69. The van der Waals surface area contributed by atoms with E-state index in [1.54, 1.807) is 0 Å². The Morgan fingerprint density at radius 2 is 1.93 bits per heavy atom. The predicted molar refractivity (Wildman–Crippen MR) is 53.5 cm³/mol. The summed E-state index contributed by atoms with van der Waals surface area (Å²) in [6, 6.07) is 6.34. The Balaban J connectivity index is 2.75. The van der Waals surface area contributed by atoms with E-state index in [1.165, 1.54) is 0 Å². The summed E-state index contributed by atoms with van der Waals surface area (Å²) >= 11 is 0. The lowest BCUT2D eigenvalue weighted by Gasteiger charge is -2.19. The molecule has 0 saturated heterocycles. The maximum absolute atomic E-state index is 12.8. The topological polar surface area (TPSA) is 26.0 Å². The van der Waals surface area contributed by atoms with Crippen molar-refractivity contribution >= 4 is 0 Å². The van der Waals surface area contributed by atoms with Crippen molar-refractivity contribution < 1.29 is 8.78 Å². The maximum atomic E-state index is 12.8. The van der Waals surface area contributed by atoms with E-state index in [-0.39, 0.29) is 6.42 Å². The van der Waals surface area contributed by atoms with E-state index in [4.69, 9.17) is 5.73 Å². The molecule has 0 aromatic heterocycles. The molecule has 1 nitrogen and oxygen atoms in total. The van der Waals surface area contributed by atoms with Gasteiger partial charge in [0.2, 0.25) is 0 Å². The minimum absolute atomic E-state index is 0.218. The van der Waals surface area contributed by atoms with Crippen molar-refractivity contribution in [1.29, 1.82) is 0 Å². The highest BCUT2D eigenvalue weighted by atomic mass is 19.3. The van der Waals surface area contributed by atoms with Crippen LogP contribution >= 0.6 is 0 Å². The van der Waals surface area contributed by atoms with Crippen LogP contribution in [0.5, 0.6) is 0 Å². The summed E-state index contributed by atoms with van der Waals surface area (Å²) in [7, 11) is 0. The van der Waals surface area contributed by atoms with Crippen LogP contribution in [0.1, 0.15) is 18.1 Å². The molecule has 14 heavy (non-hydrogen) atoms. The first-order chi connectivity index (χ1) is 6.41. The summed E-state index contributed by atoms with van der Waals surface area (Å²) in [5.41, 5.74) is 7.30. The van der Waals surface area contributed by atoms with Crippen molar-refractivity contribution in [2.24, 2.45) is 5.73 Å². The van der Waals surface area contributed by atoms with Gasteiger partial charge in [0.05, 0.1) is 6.04 Å². The number of alkyl halides is 2. The minimum Gasteiger partial charge on any atom is -0.322 e. The van der Waals surface area contributed by atoms with Crippen LogP contribution in [-0.2, 0) is 6.42 Å². The summed E-state index contributed by atoms with van der Waals surface area (Å²) in [5, 5.41) is 0. The lowest BCUT2D eigenvalue weighted by atomic mass is 9.99. The number of nitrogens with two attached hydrogens (primary N) is 1. The molecule has 0 amide bonds. The molecule has 1 atom stereocenters. The molecule has 2 N–H and O–H groups in total. The molecule has 0 aliphatic rings. The van der Waals surface area contributed by atoms with Crippen molar-refractivity contribution in [3.05, 3.63) is 35.4 Å². The van der Waals surface area contributed by atoms with Gasteiger partial charge in [-0.2, -0.15) is 0 Å². The Kier molecular flexibility index (Phi) is 3.21. The summed E-state index contributed by atoms with van der Waals surface area (Å²) in [4.78, 5) is 0. The van der Waals surface area contributed by atoms with E-state index in [9.17, 15) is 8.78 Å². The number of hydrogen-bond acceptors (Lipinski definition) is 1. The van der Waals surface area contributed by atoms with Crippen molar-refractivity contribution in [1.82, 2.24) is 0 Å². The zero-order chi connectivity index (χ0) is 10.8. The number of halogens is 2.